The summed E-state index contributed by atoms with van der Waals surface area (Å²) < 4.78 is 5.49. The van der Waals surface area contributed by atoms with Crippen LogP contribution >= 0.6 is 11.3 Å². The lowest BCUT2D eigenvalue weighted by molar-refractivity contribution is 0.354. The molecule has 1 fully saturated rings. The molecule has 2 atom stereocenters. The van der Waals surface area contributed by atoms with Gasteiger partial charge in [-0.15, -0.1) is 21.5 Å². The van der Waals surface area contributed by atoms with Crippen LogP contribution in [0.4, 0.5) is 0 Å². The highest BCUT2D eigenvalue weighted by molar-refractivity contribution is 7.09. The first-order valence-corrected chi connectivity index (χ1v) is 7.49. The van der Waals surface area contributed by atoms with Crippen molar-refractivity contribution in [3.8, 4) is 0 Å². The average Bonchev–Trinajstić information content (AvgIpc) is 2.98. The highest BCUT2D eigenvalue weighted by Gasteiger charge is 2.35. The molecule has 5 nitrogen and oxygen atoms in total. The van der Waals surface area contributed by atoms with Gasteiger partial charge in [-0.1, -0.05) is 0 Å². The minimum atomic E-state index is 0.0519. The summed E-state index contributed by atoms with van der Waals surface area (Å²) in [5.74, 6) is 1.95. The third-order valence-corrected chi connectivity index (χ3v) is 4.38. The molecule has 1 aliphatic carbocycles. The number of nitrogens with one attached hydrogen (secondary N) is 1. The van der Waals surface area contributed by atoms with Crippen LogP contribution in [0.3, 0.4) is 0 Å². The van der Waals surface area contributed by atoms with Gasteiger partial charge in [-0.25, -0.2) is 4.98 Å². The fourth-order valence-electron chi connectivity index (χ4n) is 2.18. The van der Waals surface area contributed by atoms with E-state index < -0.39 is 0 Å². The summed E-state index contributed by atoms with van der Waals surface area (Å²) in [6, 6.07) is 0.358. The fraction of sp³-hybridized carbons (Fsp3) is 0.615. The summed E-state index contributed by atoms with van der Waals surface area (Å²) in [5, 5.41) is 14.8. The second-order valence-electron chi connectivity index (χ2n) is 5.19. The Kier molecular flexibility index (Phi) is 3.36. The van der Waals surface area contributed by atoms with Gasteiger partial charge < -0.3 is 4.42 Å². The largest absolute Gasteiger partial charge is 0.424 e. The van der Waals surface area contributed by atoms with Gasteiger partial charge in [-0.05, 0) is 32.6 Å². The number of thiazole rings is 1. The molecule has 1 N–H and O–H groups in total. The highest BCUT2D eigenvalue weighted by atomic mass is 32.1. The number of hydrogen-bond acceptors (Lipinski definition) is 6. The second-order valence-corrected chi connectivity index (χ2v) is 6.08. The molecule has 0 bridgehead atoms. The topological polar surface area (TPSA) is 63.8 Å². The molecule has 2 heterocycles. The average molecular weight is 278 g/mol. The number of rotatable bonds is 5. The minimum absolute atomic E-state index is 0.0519. The summed E-state index contributed by atoms with van der Waals surface area (Å²) in [7, 11) is 0. The molecule has 2 aromatic heterocycles. The third-order valence-electron chi connectivity index (χ3n) is 3.34. The van der Waals surface area contributed by atoms with Gasteiger partial charge in [0, 0.05) is 18.0 Å². The maximum Gasteiger partial charge on any atom is 0.233 e. The molecule has 6 heteroatoms. The van der Waals surface area contributed by atoms with E-state index in [0.29, 0.717) is 23.7 Å². The molecule has 19 heavy (non-hydrogen) atoms. The van der Waals surface area contributed by atoms with Crippen molar-refractivity contribution in [1.29, 1.82) is 0 Å². The number of nitrogens with zero attached hydrogens (tertiary/aromatic N) is 3. The van der Waals surface area contributed by atoms with Gasteiger partial charge in [0.1, 0.15) is 5.01 Å². The van der Waals surface area contributed by atoms with Crippen LogP contribution in [0.1, 0.15) is 54.3 Å². The Morgan fingerprint density at radius 1 is 1.37 bits per heavy atom. The monoisotopic (exact) mass is 278 g/mol. The quantitative estimate of drug-likeness (QED) is 0.911. The Morgan fingerprint density at radius 3 is 2.68 bits per heavy atom. The molecule has 1 aliphatic rings. The molecule has 0 unspecified atom stereocenters. The minimum Gasteiger partial charge on any atom is -0.424 e. The Bertz CT molecular complexity index is 560. The molecule has 0 radical (unpaired) electrons. The van der Waals surface area contributed by atoms with E-state index in [-0.39, 0.29) is 6.04 Å². The smallest absolute Gasteiger partial charge is 0.233 e. The zero-order valence-corrected chi connectivity index (χ0v) is 12.2. The summed E-state index contributed by atoms with van der Waals surface area (Å²) in [5.41, 5.74) is 1.09. The summed E-state index contributed by atoms with van der Waals surface area (Å²) in [4.78, 5) is 4.61. The summed E-state index contributed by atoms with van der Waals surface area (Å²) in [6.45, 7) is 5.91. The van der Waals surface area contributed by atoms with Crippen molar-refractivity contribution in [3.05, 3.63) is 27.9 Å². The van der Waals surface area contributed by atoms with Gasteiger partial charge in [0.2, 0.25) is 11.8 Å². The second kappa shape index (κ2) is 5.02. The van der Waals surface area contributed by atoms with Crippen LogP contribution in [0.5, 0.6) is 0 Å². The van der Waals surface area contributed by atoms with Crippen molar-refractivity contribution in [2.75, 3.05) is 0 Å². The lowest BCUT2D eigenvalue weighted by atomic mass is 10.1. The van der Waals surface area contributed by atoms with E-state index in [9.17, 15) is 0 Å². The van der Waals surface area contributed by atoms with Gasteiger partial charge in [-0.3, -0.25) is 5.32 Å². The van der Waals surface area contributed by atoms with Crippen molar-refractivity contribution < 1.29 is 4.42 Å². The van der Waals surface area contributed by atoms with Crippen LogP contribution in [0.25, 0.3) is 0 Å². The van der Waals surface area contributed by atoms with E-state index in [2.05, 4.69) is 32.8 Å². The van der Waals surface area contributed by atoms with Crippen LogP contribution in [0, 0.1) is 19.8 Å². The standard InChI is InChI=1S/C13H18N4OS/c1-7-6-19-13(14-7)11(10-4-5-10)15-8(2)12-17-16-9(3)18-12/h6,8,10-11,15H,4-5H2,1-3H3/t8-,11+/m1/s1. The van der Waals surface area contributed by atoms with E-state index in [0.717, 1.165) is 5.69 Å². The zero-order valence-electron chi connectivity index (χ0n) is 11.4. The van der Waals surface area contributed by atoms with Crippen LogP contribution < -0.4 is 5.32 Å². The first kappa shape index (κ1) is 12.7. The molecule has 1 saturated carbocycles. The Hall–Kier alpha value is -1.27. The molecule has 0 spiro atoms. The van der Waals surface area contributed by atoms with Gasteiger partial charge in [-0.2, -0.15) is 0 Å². The van der Waals surface area contributed by atoms with E-state index in [4.69, 9.17) is 4.42 Å². The Morgan fingerprint density at radius 2 is 2.16 bits per heavy atom. The maximum absolute atomic E-state index is 5.49. The predicted molar refractivity (Wildman–Crippen MR) is 72.9 cm³/mol. The van der Waals surface area contributed by atoms with Crippen molar-refractivity contribution in [2.45, 2.75) is 45.7 Å². The predicted octanol–water partition coefficient (Wildman–Crippen LogP) is 2.94. The first-order valence-electron chi connectivity index (χ1n) is 6.61. The summed E-state index contributed by atoms with van der Waals surface area (Å²) in [6.07, 6.45) is 2.54. The van der Waals surface area contributed by atoms with E-state index >= 15 is 0 Å². The molecule has 0 amide bonds. The molecule has 0 aliphatic heterocycles. The van der Waals surface area contributed by atoms with Gasteiger partial charge in [0.15, 0.2) is 0 Å². The molecule has 102 valence electrons. The molecular weight excluding hydrogens is 260 g/mol. The molecule has 3 rings (SSSR count). The molecular formula is C13H18N4OS. The molecule has 2 aromatic rings. The van der Waals surface area contributed by atoms with E-state index in [1.54, 1.807) is 11.3 Å². The lowest BCUT2D eigenvalue weighted by Gasteiger charge is -2.19. The number of hydrogen-bond donors (Lipinski definition) is 1. The van der Waals surface area contributed by atoms with Gasteiger partial charge in [0.05, 0.1) is 12.1 Å². The van der Waals surface area contributed by atoms with E-state index in [1.807, 2.05) is 13.8 Å². The van der Waals surface area contributed by atoms with Crippen molar-refractivity contribution in [2.24, 2.45) is 5.92 Å². The Labute approximate surface area is 116 Å². The normalized spacial score (nSPS) is 18.5. The zero-order chi connectivity index (χ0) is 13.4. The van der Waals surface area contributed by atoms with Gasteiger partial charge in [0.25, 0.3) is 0 Å². The van der Waals surface area contributed by atoms with Crippen LogP contribution in [-0.2, 0) is 0 Å². The third kappa shape index (κ3) is 2.84. The fourth-order valence-corrected chi connectivity index (χ4v) is 3.13. The Balaban J connectivity index is 1.75. The highest BCUT2D eigenvalue weighted by Crippen LogP contribution is 2.42. The molecule has 0 aromatic carbocycles. The van der Waals surface area contributed by atoms with Crippen molar-refractivity contribution in [1.82, 2.24) is 20.5 Å². The SMILES string of the molecule is Cc1csc([C@@H](N[C@H](C)c2nnc(C)o2)C2CC2)n1. The number of aromatic nitrogens is 3. The maximum atomic E-state index is 5.49. The lowest BCUT2D eigenvalue weighted by Crippen LogP contribution is -2.26. The van der Waals surface area contributed by atoms with Crippen molar-refractivity contribution in [3.63, 3.8) is 0 Å². The summed E-state index contributed by atoms with van der Waals surface area (Å²) >= 11 is 1.73. The van der Waals surface area contributed by atoms with Crippen LogP contribution in [0.15, 0.2) is 9.80 Å². The van der Waals surface area contributed by atoms with E-state index in [1.165, 1.54) is 17.8 Å². The molecule has 0 saturated heterocycles. The number of aryl methyl sites for hydroxylation is 2. The van der Waals surface area contributed by atoms with Crippen LogP contribution in [0.2, 0.25) is 0 Å². The van der Waals surface area contributed by atoms with Gasteiger partial charge >= 0.3 is 0 Å². The van der Waals surface area contributed by atoms with Crippen molar-refractivity contribution >= 4 is 11.3 Å². The van der Waals surface area contributed by atoms with Crippen LogP contribution in [-0.4, -0.2) is 15.2 Å². The first-order chi connectivity index (χ1) is 9.13.